The Morgan fingerprint density at radius 3 is 2.90 bits per heavy atom. The molecule has 4 rings (SSSR count). The van der Waals surface area contributed by atoms with Crippen molar-refractivity contribution in [2.75, 3.05) is 25.1 Å². The monoisotopic (exact) mass is 411 g/mol. The zero-order chi connectivity index (χ0) is 19.9. The number of nitrogens with zero attached hydrogens (tertiary/aromatic N) is 3. The van der Waals surface area contributed by atoms with Crippen LogP contribution in [0.4, 0.5) is 5.69 Å². The molecule has 0 unspecified atom stereocenters. The molecule has 2 aromatic heterocycles. The molecule has 0 amide bonds. The number of aliphatic imine (C=N–C) groups is 1. The van der Waals surface area contributed by atoms with Crippen LogP contribution < -0.4 is 20.1 Å². The van der Waals surface area contributed by atoms with Crippen molar-refractivity contribution >= 4 is 23.0 Å². The van der Waals surface area contributed by atoms with Crippen LogP contribution in [-0.4, -0.2) is 35.5 Å². The third kappa shape index (κ3) is 5.29. The number of thiophene rings is 1. The fourth-order valence-electron chi connectivity index (χ4n) is 2.99. The smallest absolute Gasteiger partial charge is 0.196 e. The van der Waals surface area contributed by atoms with Crippen molar-refractivity contribution in [1.29, 1.82) is 0 Å². The minimum Gasteiger partial charge on any atom is -0.490 e. The van der Waals surface area contributed by atoms with Crippen LogP contribution in [0.1, 0.15) is 17.0 Å². The number of benzene rings is 1. The van der Waals surface area contributed by atoms with Crippen molar-refractivity contribution in [3.63, 3.8) is 0 Å². The van der Waals surface area contributed by atoms with Gasteiger partial charge in [-0.1, -0.05) is 6.07 Å². The van der Waals surface area contributed by atoms with Gasteiger partial charge in [-0.2, -0.15) is 5.10 Å². The van der Waals surface area contributed by atoms with E-state index in [-0.39, 0.29) is 0 Å². The molecule has 29 heavy (non-hydrogen) atoms. The molecule has 1 aliphatic rings. The van der Waals surface area contributed by atoms with E-state index in [1.807, 2.05) is 36.0 Å². The van der Waals surface area contributed by atoms with E-state index in [1.54, 1.807) is 17.5 Å². The fourth-order valence-corrected chi connectivity index (χ4v) is 3.70. The highest BCUT2D eigenvalue weighted by molar-refractivity contribution is 7.09. The maximum Gasteiger partial charge on any atom is 0.196 e. The van der Waals surface area contributed by atoms with Crippen LogP contribution in [0, 0.1) is 0 Å². The molecule has 0 saturated carbocycles. The highest BCUT2D eigenvalue weighted by atomic mass is 32.1. The Hall–Kier alpha value is -3.00. The van der Waals surface area contributed by atoms with Gasteiger partial charge < -0.3 is 20.1 Å². The van der Waals surface area contributed by atoms with Crippen LogP contribution in [-0.2, 0) is 20.0 Å². The first-order valence-corrected chi connectivity index (χ1v) is 10.6. The SMILES string of the molecule is Cn1nccc1CN=C(NCCc1cccs1)Nc1ccc2c(c1)OCCCO2. The second kappa shape index (κ2) is 9.47. The summed E-state index contributed by atoms with van der Waals surface area (Å²) >= 11 is 1.77. The maximum absolute atomic E-state index is 5.80. The number of aromatic nitrogens is 2. The van der Waals surface area contributed by atoms with Crippen LogP contribution in [0.5, 0.6) is 11.5 Å². The van der Waals surface area contributed by atoms with Crippen LogP contribution in [0.2, 0.25) is 0 Å². The van der Waals surface area contributed by atoms with Crippen molar-refractivity contribution in [2.45, 2.75) is 19.4 Å². The van der Waals surface area contributed by atoms with Gasteiger partial charge >= 0.3 is 0 Å². The molecule has 0 saturated heterocycles. The average Bonchev–Trinajstić information content (AvgIpc) is 3.32. The van der Waals surface area contributed by atoms with E-state index in [1.165, 1.54) is 4.88 Å². The summed E-state index contributed by atoms with van der Waals surface area (Å²) < 4.78 is 13.4. The van der Waals surface area contributed by atoms with Gasteiger partial charge in [0, 0.05) is 42.8 Å². The number of hydrogen-bond donors (Lipinski definition) is 2. The van der Waals surface area contributed by atoms with Crippen molar-refractivity contribution in [3.8, 4) is 11.5 Å². The lowest BCUT2D eigenvalue weighted by molar-refractivity contribution is 0.297. The molecule has 0 bridgehead atoms. The quantitative estimate of drug-likeness (QED) is 0.480. The topological polar surface area (TPSA) is 72.7 Å². The Morgan fingerprint density at radius 2 is 2.10 bits per heavy atom. The molecule has 0 fully saturated rings. The molecule has 152 valence electrons. The summed E-state index contributed by atoms with van der Waals surface area (Å²) in [6.07, 6.45) is 3.62. The summed E-state index contributed by atoms with van der Waals surface area (Å²) in [5.74, 6) is 2.27. The van der Waals surface area contributed by atoms with Gasteiger partial charge in [-0.25, -0.2) is 4.99 Å². The van der Waals surface area contributed by atoms with E-state index in [0.717, 1.165) is 48.2 Å². The molecule has 8 heteroatoms. The highest BCUT2D eigenvalue weighted by Gasteiger charge is 2.11. The van der Waals surface area contributed by atoms with Gasteiger partial charge in [0.1, 0.15) is 0 Å². The Balaban J connectivity index is 1.46. The molecule has 2 N–H and O–H groups in total. The second-order valence-electron chi connectivity index (χ2n) is 6.70. The molecule has 0 atom stereocenters. The van der Waals surface area contributed by atoms with Gasteiger partial charge in [-0.15, -0.1) is 11.3 Å². The summed E-state index contributed by atoms with van der Waals surface area (Å²) in [6, 6.07) is 12.1. The molecule has 0 spiro atoms. The summed E-state index contributed by atoms with van der Waals surface area (Å²) in [7, 11) is 1.92. The van der Waals surface area contributed by atoms with E-state index < -0.39 is 0 Å². The van der Waals surface area contributed by atoms with Crippen LogP contribution in [0.15, 0.2) is 53.0 Å². The summed E-state index contributed by atoms with van der Waals surface area (Å²) in [6.45, 7) is 2.68. The maximum atomic E-state index is 5.80. The number of fused-ring (bicyclic) bond motifs is 1. The zero-order valence-electron chi connectivity index (χ0n) is 16.4. The Bertz CT molecular complexity index is 952. The molecular formula is C21H25N5O2S. The minimum atomic E-state index is 0.537. The van der Waals surface area contributed by atoms with Crippen molar-refractivity contribution in [2.24, 2.45) is 12.0 Å². The zero-order valence-corrected chi connectivity index (χ0v) is 17.2. The number of anilines is 1. The number of hydrogen-bond acceptors (Lipinski definition) is 5. The van der Waals surface area contributed by atoms with Gasteiger partial charge in [-0.05, 0) is 36.1 Å². The summed E-state index contributed by atoms with van der Waals surface area (Å²) in [4.78, 5) is 6.08. The number of aryl methyl sites for hydroxylation is 1. The fraction of sp³-hybridized carbons (Fsp3) is 0.333. The lowest BCUT2D eigenvalue weighted by Gasteiger charge is -2.14. The van der Waals surface area contributed by atoms with Crippen LogP contribution in [0.3, 0.4) is 0 Å². The lowest BCUT2D eigenvalue weighted by Crippen LogP contribution is -2.32. The van der Waals surface area contributed by atoms with Crippen molar-refractivity contribution < 1.29 is 9.47 Å². The van der Waals surface area contributed by atoms with E-state index in [9.17, 15) is 0 Å². The molecular weight excluding hydrogens is 386 g/mol. The number of nitrogens with one attached hydrogen (secondary N) is 2. The normalized spacial score (nSPS) is 13.8. The van der Waals surface area contributed by atoms with Crippen molar-refractivity contribution in [3.05, 3.63) is 58.5 Å². The Kier molecular flexibility index (Phi) is 6.31. The third-order valence-corrected chi connectivity index (χ3v) is 5.51. The van der Waals surface area contributed by atoms with Crippen molar-refractivity contribution in [1.82, 2.24) is 15.1 Å². The molecule has 0 aliphatic carbocycles. The van der Waals surface area contributed by atoms with E-state index in [0.29, 0.717) is 19.8 Å². The molecule has 3 heterocycles. The first kappa shape index (κ1) is 19.3. The molecule has 1 aliphatic heterocycles. The summed E-state index contributed by atoms with van der Waals surface area (Å²) in [5.41, 5.74) is 1.95. The average molecular weight is 412 g/mol. The molecule has 0 radical (unpaired) electrons. The molecule has 7 nitrogen and oxygen atoms in total. The number of guanidine groups is 1. The van der Waals surface area contributed by atoms with Gasteiger partial charge in [0.25, 0.3) is 0 Å². The predicted molar refractivity (Wildman–Crippen MR) is 116 cm³/mol. The number of ether oxygens (including phenoxy) is 2. The second-order valence-corrected chi connectivity index (χ2v) is 7.74. The Morgan fingerprint density at radius 1 is 1.21 bits per heavy atom. The highest BCUT2D eigenvalue weighted by Crippen LogP contribution is 2.32. The van der Waals surface area contributed by atoms with Gasteiger partial charge in [-0.3, -0.25) is 4.68 Å². The molecule has 3 aromatic rings. The predicted octanol–water partition coefficient (Wildman–Crippen LogP) is 3.44. The first-order valence-electron chi connectivity index (χ1n) is 9.72. The minimum absolute atomic E-state index is 0.537. The summed E-state index contributed by atoms with van der Waals surface area (Å²) in [5, 5.41) is 13.1. The molecule has 1 aromatic carbocycles. The first-order chi connectivity index (χ1) is 14.3. The van der Waals surface area contributed by atoms with Gasteiger partial charge in [0.05, 0.1) is 25.5 Å². The Labute approximate surface area is 174 Å². The van der Waals surface area contributed by atoms with E-state index in [4.69, 9.17) is 14.5 Å². The van der Waals surface area contributed by atoms with E-state index in [2.05, 4.69) is 33.2 Å². The number of rotatable bonds is 6. The lowest BCUT2D eigenvalue weighted by atomic mass is 10.2. The largest absolute Gasteiger partial charge is 0.490 e. The van der Waals surface area contributed by atoms with Crippen LogP contribution >= 0.6 is 11.3 Å². The van der Waals surface area contributed by atoms with E-state index >= 15 is 0 Å². The third-order valence-electron chi connectivity index (χ3n) is 4.58. The van der Waals surface area contributed by atoms with Gasteiger partial charge in [0.2, 0.25) is 0 Å². The standard InChI is InChI=1S/C21H25N5O2S/c1-26-17(7-10-24-26)15-23-21(22-9-8-18-4-2-13-29-18)25-16-5-6-19-20(14-16)28-12-3-11-27-19/h2,4-7,10,13-14H,3,8-9,11-12,15H2,1H3,(H2,22,23,25). The van der Waals surface area contributed by atoms with Gasteiger partial charge in [0.15, 0.2) is 17.5 Å². The van der Waals surface area contributed by atoms with Crippen LogP contribution in [0.25, 0.3) is 0 Å².